The number of benzene rings is 1. The number of halogens is 3. The number of thioether (sulfide) groups is 1. The van der Waals surface area contributed by atoms with E-state index in [0.717, 1.165) is 32.4 Å². The number of nitrogens with zero attached hydrogens (tertiary/aromatic N) is 1. The number of dihydropyridines is 1. The van der Waals surface area contributed by atoms with E-state index < -0.39 is 17.4 Å². The second-order valence-electron chi connectivity index (χ2n) is 5.48. The summed E-state index contributed by atoms with van der Waals surface area (Å²) in [5.74, 6) is 0. The van der Waals surface area contributed by atoms with Crippen molar-refractivity contribution in [2.75, 3.05) is 6.26 Å². The number of aromatic nitrogens is 1. The Balaban J connectivity index is 1.85. The standard InChI is InChI=1S/C15H15F3N4S2/c1-23-13-22-10-3-2-8(4-11(10)24-13)6-14(20)12(19)5-9(7-21-14)15(16,17)18/h2-5,7,21H,6,19-20H2,1H3. The summed E-state index contributed by atoms with van der Waals surface area (Å²) >= 11 is 3.13. The fourth-order valence-corrected chi connectivity index (χ4v) is 3.96. The topological polar surface area (TPSA) is 77.0 Å². The van der Waals surface area contributed by atoms with Crippen molar-refractivity contribution in [2.45, 2.75) is 22.6 Å². The maximum Gasteiger partial charge on any atom is 0.417 e. The van der Waals surface area contributed by atoms with E-state index in [1.54, 1.807) is 23.1 Å². The first kappa shape index (κ1) is 17.1. The molecule has 0 aliphatic carbocycles. The lowest BCUT2D eigenvalue weighted by Gasteiger charge is -2.34. The molecule has 1 aromatic carbocycles. The number of nitrogens with two attached hydrogens (primary N) is 2. The van der Waals surface area contributed by atoms with Gasteiger partial charge in [-0.15, -0.1) is 11.3 Å². The highest BCUT2D eigenvalue weighted by Gasteiger charge is 2.38. The first-order valence-electron chi connectivity index (χ1n) is 6.96. The summed E-state index contributed by atoms with van der Waals surface area (Å²) in [7, 11) is 0. The first-order chi connectivity index (χ1) is 11.2. The molecular formula is C15H15F3N4S2. The molecule has 5 N–H and O–H groups in total. The van der Waals surface area contributed by atoms with Gasteiger partial charge in [-0.1, -0.05) is 17.8 Å². The third-order valence-electron chi connectivity index (χ3n) is 3.73. The predicted molar refractivity (Wildman–Crippen MR) is 91.6 cm³/mol. The van der Waals surface area contributed by atoms with Gasteiger partial charge in [0, 0.05) is 18.3 Å². The fraction of sp³-hybridized carbons (Fsp3) is 0.267. The molecule has 1 atom stereocenters. The second-order valence-corrected chi connectivity index (χ2v) is 7.56. The summed E-state index contributed by atoms with van der Waals surface area (Å²) in [5.41, 5.74) is 11.6. The van der Waals surface area contributed by atoms with E-state index in [4.69, 9.17) is 11.5 Å². The largest absolute Gasteiger partial charge is 0.417 e. The molecule has 1 aliphatic heterocycles. The molecule has 0 radical (unpaired) electrons. The third kappa shape index (κ3) is 3.24. The third-order valence-corrected chi connectivity index (χ3v) is 5.73. The Morgan fingerprint density at radius 1 is 1.38 bits per heavy atom. The van der Waals surface area contributed by atoms with Crippen LogP contribution in [0, 0.1) is 0 Å². The van der Waals surface area contributed by atoms with E-state index in [-0.39, 0.29) is 12.1 Å². The Labute approximate surface area is 144 Å². The molecule has 0 spiro atoms. The van der Waals surface area contributed by atoms with Gasteiger partial charge in [-0.3, -0.25) is 0 Å². The fourth-order valence-electron chi connectivity index (χ4n) is 2.41. The molecule has 24 heavy (non-hydrogen) atoms. The predicted octanol–water partition coefficient (Wildman–Crippen LogP) is 3.11. The van der Waals surface area contributed by atoms with Crippen LogP contribution in [0.1, 0.15) is 5.56 Å². The minimum absolute atomic E-state index is 0.0495. The molecular weight excluding hydrogens is 357 g/mol. The Bertz CT molecular complexity index is 841. The number of alkyl halides is 3. The van der Waals surface area contributed by atoms with E-state index in [1.807, 2.05) is 24.5 Å². The minimum atomic E-state index is -4.46. The lowest BCUT2D eigenvalue weighted by atomic mass is 9.93. The van der Waals surface area contributed by atoms with Crippen molar-refractivity contribution in [2.24, 2.45) is 11.5 Å². The van der Waals surface area contributed by atoms with Gasteiger partial charge < -0.3 is 16.8 Å². The van der Waals surface area contributed by atoms with Crippen LogP contribution in [0.2, 0.25) is 0 Å². The summed E-state index contributed by atoms with van der Waals surface area (Å²) in [6.45, 7) is 0. The first-order valence-corrected chi connectivity index (χ1v) is 9.00. The van der Waals surface area contributed by atoms with Crippen molar-refractivity contribution in [3.63, 3.8) is 0 Å². The minimum Gasteiger partial charge on any atom is -0.399 e. The smallest absolute Gasteiger partial charge is 0.399 e. The molecule has 1 aliphatic rings. The Kier molecular flexibility index (Phi) is 4.27. The summed E-state index contributed by atoms with van der Waals surface area (Å²) in [5, 5.41) is 2.60. The van der Waals surface area contributed by atoms with Crippen molar-refractivity contribution >= 4 is 33.3 Å². The molecule has 0 bridgehead atoms. The van der Waals surface area contributed by atoms with Crippen molar-refractivity contribution in [1.29, 1.82) is 0 Å². The van der Waals surface area contributed by atoms with Crippen LogP contribution in [0.25, 0.3) is 10.2 Å². The summed E-state index contributed by atoms with van der Waals surface area (Å²) in [6, 6.07) is 5.68. The zero-order valence-corrected chi connectivity index (χ0v) is 14.3. The number of fused-ring (bicyclic) bond motifs is 1. The molecule has 0 saturated carbocycles. The lowest BCUT2D eigenvalue weighted by molar-refractivity contribution is -0.0891. The van der Waals surface area contributed by atoms with E-state index in [1.165, 1.54) is 0 Å². The van der Waals surface area contributed by atoms with Crippen molar-refractivity contribution < 1.29 is 13.2 Å². The quantitative estimate of drug-likeness (QED) is 0.722. The summed E-state index contributed by atoms with van der Waals surface area (Å²) in [6.07, 6.45) is -0.495. The van der Waals surface area contributed by atoms with Gasteiger partial charge in [-0.05, 0) is 30.0 Å². The molecule has 0 fully saturated rings. The number of hydrogen-bond donors (Lipinski definition) is 3. The molecule has 9 heteroatoms. The second kappa shape index (κ2) is 5.98. The molecule has 2 aromatic rings. The lowest BCUT2D eigenvalue weighted by Crippen LogP contribution is -2.58. The van der Waals surface area contributed by atoms with Crippen LogP contribution in [0.4, 0.5) is 13.2 Å². The van der Waals surface area contributed by atoms with E-state index in [9.17, 15) is 13.2 Å². The number of nitrogens with one attached hydrogen (secondary N) is 1. The average molecular weight is 372 g/mol. The van der Waals surface area contributed by atoms with Crippen LogP contribution < -0.4 is 16.8 Å². The summed E-state index contributed by atoms with van der Waals surface area (Å²) in [4.78, 5) is 4.45. The number of rotatable bonds is 3. The van der Waals surface area contributed by atoms with E-state index >= 15 is 0 Å². The van der Waals surface area contributed by atoms with Gasteiger partial charge in [-0.2, -0.15) is 13.2 Å². The summed E-state index contributed by atoms with van der Waals surface area (Å²) < 4.78 is 40.2. The zero-order chi connectivity index (χ0) is 17.5. The van der Waals surface area contributed by atoms with Crippen molar-refractivity contribution in [3.8, 4) is 0 Å². The van der Waals surface area contributed by atoms with Crippen molar-refractivity contribution in [3.05, 3.63) is 47.3 Å². The van der Waals surface area contributed by atoms with Crippen LogP contribution in [0.5, 0.6) is 0 Å². The number of thiazole rings is 1. The average Bonchev–Trinajstić information content (AvgIpc) is 2.91. The van der Waals surface area contributed by atoms with Gasteiger partial charge in [-0.25, -0.2) is 4.98 Å². The maximum absolute atomic E-state index is 12.7. The van der Waals surface area contributed by atoms with Crippen molar-refractivity contribution in [1.82, 2.24) is 10.3 Å². The van der Waals surface area contributed by atoms with Gasteiger partial charge in [0.1, 0.15) is 5.66 Å². The maximum atomic E-state index is 12.7. The Morgan fingerprint density at radius 2 is 2.12 bits per heavy atom. The zero-order valence-electron chi connectivity index (χ0n) is 12.6. The Morgan fingerprint density at radius 3 is 2.75 bits per heavy atom. The van der Waals surface area contributed by atoms with Crippen LogP contribution in [-0.2, 0) is 6.42 Å². The molecule has 3 rings (SSSR count). The molecule has 4 nitrogen and oxygen atoms in total. The molecule has 0 amide bonds. The highest BCUT2D eigenvalue weighted by molar-refractivity contribution is 8.00. The van der Waals surface area contributed by atoms with Gasteiger partial charge in [0.2, 0.25) is 0 Å². The monoisotopic (exact) mass is 372 g/mol. The molecule has 2 heterocycles. The molecule has 1 aromatic heterocycles. The number of hydrogen-bond acceptors (Lipinski definition) is 6. The molecule has 1 unspecified atom stereocenters. The van der Waals surface area contributed by atoms with Gasteiger partial charge in [0.25, 0.3) is 0 Å². The highest BCUT2D eigenvalue weighted by Crippen LogP contribution is 2.32. The van der Waals surface area contributed by atoms with Gasteiger partial charge in [0.05, 0.1) is 15.8 Å². The highest BCUT2D eigenvalue weighted by atomic mass is 32.2. The van der Waals surface area contributed by atoms with Gasteiger partial charge in [0.15, 0.2) is 4.34 Å². The molecule has 0 saturated heterocycles. The van der Waals surface area contributed by atoms with Gasteiger partial charge >= 0.3 is 6.18 Å². The van der Waals surface area contributed by atoms with Crippen LogP contribution in [0.15, 0.2) is 46.1 Å². The van der Waals surface area contributed by atoms with E-state index in [2.05, 4.69) is 10.3 Å². The Hall–Kier alpha value is -1.71. The van der Waals surface area contributed by atoms with Crippen LogP contribution in [0.3, 0.4) is 0 Å². The van der Waals surface area contributed by atoms with Crippen LogP contribution >= 0.6 is 23.1 Å². The SMILES string of the molecule is CSc1nc2ccc(CC3(N)NC=C(C(F)(F)F)C=C3N)cc2s1. The number of allylic oxidation sites excluding steroid dienone is 2. The molecule has 128 valence electrons. The normalized spacial score (nSPS) is 21.4. The van der Waals surface area contributed by atoms with E-state index in [0.29, 0.717) is 0 Å². The van der Waals surface area contributed by atoms with Crippen LogP contribution in [-0.4, -0.2) is 23.1 Å².